The number of aromatic nitrogens is 2. The largest absolute Gasteiger partial charge is 0.485 e. The third-order valence-corrected chi connectivity index (χ3v) is 5.68. The molecule has 2 aliphatic heterocycles. The summed E-state index contributed by atoms with van der Waals surface area (Å²) in [6, 6.07) is 4.05. The first-order valence-electron chi connectivity index (χ1n) is 8.85. The van der Waals surface area contributed by atoms with Crippen molar-refractivity contribution in [2.24, 2.45) is 0 Å². The number of likely N-dealkylation sites (tertiary alicyclic amines) is 1. The summed E-state index contributed by atoms with van der Waals surface area (Å²) >= 11 is 1.74. The monoisotopic (exact) mass is 344 g/mol. The summed E-state index contributed by atoms with van der Waals surface area (Å²) in [6.45, 7) is 5.40. The quantitative estimate of drug-likeness (QED) is 0.806. The maximum Gasteiger partial charge on any atom is 0.171 e. The molecule has 24 heavy (non-hydrogen) atoms. The summed E-state index contributed by atoms with van der Waals surface area (Å²) in [5.41, 5.74) is 1.91. The third kappa shape index (κ3) is 3.70. The summed E-state index contributed by atoms with van der Waals surface area (Å²) in [7, 11) is 0. The van der Waals surface area contributed by atoms with Crippen LogP contribution in [0.5, 0.6) is 5.75 Å². The highest BCUT2D eigenvalue weighted by Crippen LogP contribution is 2.30. The molecule has 4 heterocycles. The fourth-order valence-electron chi connectivity index (χ4n) is 3.55. The van der Waals surface area contributed by atoms with Crippen molar-refractivity contribution in [2.75, 3.05) is 37.6 Å². The molecular weight excluding hydrogens is 320 g/mol. The first-order chi connectivity index (χ1) is 11.9. The molecule has 2 aromatic heterocycles. The van der Waals surface area contributed by atoms with Gasteiger partial charge in [0.05, 0.1) is 5.51 Å². The lowest BCUT2D eigenvalue weighted by Gasteiger charge is -2.22. The molecule has 0 spiro atoms. The van der Waals surface area contributed by atoms with E-state index in [9.17, 15) is 0 Å². The average Bonchev–Trinajstić information content (AvgIpc) is 3.36. The van der Waals surface area contributed by atoms with Gasteiger partial charge in [0, 0.05) is 50.0 Å². The van der Waals surface area contributed by atoms with Gasteiger partial charge in [-0.25, -0.2) is 4.98 Å². The maximum atomic E-state index is 6.33. The molecule has 0 bridgehead atoms. The highest BCUT2D eigenvalue weighted by molar-refractivity contribution is 7.09. The van der Waals surface area contributed by atoms with Gasteiger partial charge in [0.2, 0.25) is 0 Å². The highest BCUT2D eigenvalue weighted by atomic mass is 32.1. The van der Waals surface area contributed by atoms with Gasteiger partial charge < -0.3 is 9.64 Å². The number of hydrogen-bond acceptors (Lipinski definition) is 6. The molecule has 2 aliphatic rings. The van der Waals surface area contributed by atoms with Gasteiger partial charge in [0.25, 0.3) is 0 Å². The van der Waals surface area contributed by atoms with Crippen molar-refractivity contribution in [3.05, 3.63) is 34.9 Å². The minimum Gasteiger partial charge on any atom is -0.485 e. The predicted molar refractivity (Wildman–Crippen MR) is 97.0 cm³/mol. The van der Waals surface area contributed by atoms with Crippen molar-refractivity contribution in [3.8, 4) is 5.75 Å². The molecule has 6 heteroatoms. The molecule has 1 atom stereocenters. The Kier molecular flexibility index (Phi) is 4.94. The van der Waals surface area contributed by atoms with Crippen LogP contribution >= 0.6 is 11.3 Å². The molecule has 0 radical (unpaired) electrons. The number of nitrogens with zero attached hydrogens (tertiary/aromatic N) is 4. The topological polar surface area (TPSA) is 41.5 Å². The van der Waals surface area contributed by atoms with Crippen LogP contribution in [0.3, 0.4) is 0 Å². The normalized spacial score (nSPS) is 21.5. The highest BCUT2D eigenvalue weighted by Gasteiger charge is 2.26. The van der Waals surface area contributed by atoms with E-state index in [0.29, 0.717) is 0 Å². The number of thiazole rings is 1. The van der Waals surface area contributed by atoms with E-state index < -0.39 is 0 Å². The van der Waals surface area contributed by atoms with E-state index in [1.807, 2.05) is 24.0 Å². The van der Waals surface area contributed by atoms with Crippen LogP contribution in [0.2, 0.25) is 0 Å². The smallest absolute Gasteiger partial charge is 0.171 e. The fourth-order valence-corrected chi connectivity index (χ4v) is 4.14. The van der Waals surface area contributed by atoms with Gasteiger partial charge in [-0.05, 0) is 37.8 Å². The van der Waals surface area contributed by atoms with Crippen LogP contribution in [-0.2, 0) is 6.42 Å². The van der Waals surface area contributed by atoms with Crippen LogP contribution in [0.4, 0.5) is 5.82 Å². The molecule has 0 unspecified atom stereocenters. The molecule has 0 aliphatic carbocycles. The van der Waals surface area contributed by atoms with Crippen molar-refractivity contribution < 1.29 is 4.74 Å². The Morgan fingerprint density at radius 2 is 2.17 bits per heavy atom. The van der Waals surface area contributed by atoms with Crippen LogP contribution in [0.15, 0.2) is 30.0 Å². The van der Waals surface area contributed by atoms with Gasteiger partial charge in [-0.2, -0.15) is 0 Å². The molecule has 2 fully saturated rings. The molecule has 2 saturated heterocycles. The Morgan fingerprint density at radius 3 is 3.00 bits per heavy atom. The molecule has 128 valence electrons. The SMILES string of the molecule is c1cnc(N2CCCC2)c(O[C@@H]2CCN(CCc3cncs3)C2)c1. The van der Waals surface area contributed by atoms with Crippen molar-refractivity contribution in [1.29, 1.82) is 0 Å². The van der Waals surface area contributed by atoms with E-state index in [1.165, 1.54) is 17.7 Å². The molecular formula is C18H24N4OS. The first-order valence-corrected chi connectivity index (χ1v) is 9.73. The molecule has 0 N–H and O–H groups in total. The molecule has 0 saturated carbocycles. The van der Waals surface area contributed by atoms with Crippen molar-refractivity contribution in [1.82, 2.24) is 14.9 Å². The summed E-state index contributed by atoms with van der Waals surface area (Å²) in [5, 5.41) is 0. The predicted octanol–water partition coefficient (Wildman–Crippen LogP) is 2.83. The Morgan fingerprint density at radius 1 is 1.25 bits per heavy atom. The second kappa shape index (κ2) is 7.49. The van der Waals surface area contributed by atoms with Crippen LogP contribution < -0.4 is 9.64 Å². The van der Waals surface area contributed by atoms with Crippen molar-refractivity contribution >= 4 is 17.2 Å². The molecule has 2 aromatic rings. The van der Waals surface area contributed by atoms with Crippen LogP contribution in [-0.4, -0.2) is 53.7 Å². The Hall–Kier alpha value is -1.66. The maximum absolute atomic E-state index is 6.33. The minimum atomic E-state index is 0.275. The van der Waals surface area contributed by atoms with Gasteiger partial charge >= 0.3 is 0 Å². The Labute approximate surface area is 147 Å². The zero-order chi connectivity index (χ0) is 16.2. The number of hydrogen-bond donors (Lipinski definition) is 0. The van der Waals surface area contributed by atoms with E-state index in [0.717, 1.165) is 57.1 Å². The lowest BCUT2D eigenvalue weighted by Crippen LogP contribution is -2.27. The van der Waals surface area contributed by atoms with E-state index in [1.54, 1.807) is 11.3 Å². The molecule has 0 aromatic carbocycles. The second-order valence-electron chi connectivity index (χ2n) is 6.57. The Bertz CT molecular complexity index is 642. The number of ether oxygens (including phenoxy) is 1. The number of rotatable bonds is 6. The summed E-state index contributed by atoms with van der Waals surface area (Å²) < 4.78 is 6.33. The number of anilines is 1. The van der Waals surface area contributed by atoms with Gasteiger partial charge in [-0.1, -0.05) is 0 Å². The second-order valence-corrected chi connectivity index (χ2v) is 7.54. The summed E-state index contributed by atoms with van der Waals surface area (Å²) in [5.74, 6) is 1.98. The average molecular weight is 344 g/mol. The standard InChI is InChI=1S/C18H24N4OS/c1-2-9-22(8-1)18-17(4-3-7-20-18)23-15-5-10-21(13-15)11-6-16-12-19-14-24-16/h3-4,7,12,14-15H,1-2,5-6,8-11,13H2/t15-/m1/s1. The van der Waals surface area contributed by atoms with Crippen LogP contribution in [0, 0.1) is 0 Å². The van der Waals surface area contributed by atoms with Crippen LogP contribution in [0.1, 0.15) is 24.1 Å². The number of pyridine rings is 1. The molecule has 0 amide bonds. The molecule has 5 nitrogen and oxygen atoms in total. The van der Waals surface area contributed by atoms with Crippen molar-refractivity contribution in [3.63, 3.8) is 0 Å². The van der Waals surface area contributed by atoms with Crippen LogP contribution in [0.25, 0.3) is 0 Å². The van der Waals surface area contributed by atoms with Gasteiger partial charge in [-0.3, -0.25) is 9.88 Å². The minimum absolute atomic E-state index is 0.275. The fraction of sp³-hybridized carbons (Fsp3) is 0.556. The van der Waals surface area contributed by atoms with E-state index in [-0.39, 0.29) is 6.10 Å². The van der Waals surface area contributed by atoms with E-state index in [2.05, 4.69) is 25.8 Å². The van der Waals surface area contributed by atoms with Gasteiger partial charge in [-0.15, -0.1) is 11.3 Å². The van der Waals surface area contributed by atoms with Gasteiger partial charge in [0.15, 0.2) is 11.6 Å². The van der Waals surface area contributed by atoms with E-state index >= 15 is 0 Å². The lowest BCUT2D eigenvalue weighted by molar-refractivity contribution is 0.201. The summed E-state index contributed by atoms with van der Waals surface area (Å²) in [4.78, 5) is 14.9. The first kappa shape index (κ1) is 15.8. The zero-order valence-electron chi connectivity index (χ0n) is 13.9. The van der Waals surface area contributed by atoms with E-state index in [4.69, 9.17) is 4.74 Å². The zero-order valence-corrected chi connectivity index (χ0v) is 14.7. The van der Waals surface area contributed by atoms with Crippen molar-refractivity contribution in [2.45, 2.75) is 31.8 Å². The summed E-state index contributed by atoms with van der Waals surface area (Å²) in [6.07, 6.45) is 8.82. The Balaban J connectivity index is 1.33. The molecule has 4 rings (SSSR count). The van der Waals surface area contributed by atoms with Gasteiger partial charge in [0.1, 0.15) is 6.10 Å². The lowest BCUT2D eigenvalue weighted by atomic mass is 10.3. The third-order valence-electron chi connectivity index (χ3n) is 4.84.